The van der Waals surface area contributed by atoms with Crippen LogP contribution >= 0.6 is 15.9 Å². The summed E-state index contributed by atoms with van der Waals surface area (Å²) >= 11 is 3.61. The fourth-order valence-electron chi connectivity index (χ4n) is 4.03. The Hall–Kier alpha value is 0.200. The zero-order valence-electron chi connectivity index (χ0n) is 14.3. The van der Waals surface area contributed by atoms with E-state index >= 15 is 0 Å². The van der Waals surface area contributed by atoms with Crippen LogP contribution in [0.5, 0.6) is 0 Å². The largest absolute Gasteiger partial charge is 0.391 e. The quantitative estimate of drug-likeness (QED) is 0.349. The van der Waals surface area contributed by atoms with Gasteiger partial charge in [-0.2, -0.15) is 5.06 Å². The lowest BCUT2D eigenvalue weighted by atomic mass is 9.75. The number of hydroxylamine groups is 2. The van der Waals surface area contributed by atoms with Gasteiger partial charge in [0, 0.05) is 29.2 Å². The lowest BCUT2D eigenvalue weighted by Gasteiger charge is -2.48. The third kappa shape index (κ3) is 4.88. The summed E-state index contributed by atoms with van der Waals surface area (Å²) in [5.74, 6) is -0.447. The molecule has 8 unspecified atom stereocenters. The van der Waals surface area contributed by atoms with E-state index in [4.69, 9.17) is 5.73 Å². The van der Waals surface area contributed by atoms with Gasteiger partial charge in [0.05, 0.1) is 12.1 Å². The van der Waals surface area contributed by atoms with Crippen molar-refractivity contribution >= 4 is 15.9 Å². The summed E-state index contributed by atoms with van der Waals surface area (Å²) in [6, 6.07) is -0.710. The Labute approximate surface area is 152 Å². The summed E-state index contributed by atoms with van der Waals surface area (Å²) in [6.45, 7) is 2.54. The molecule has 8 heteroatoms. The van der Waals surface area contributed by atoms with E-state index in [1.807, 2.05) is 0 Å². The van der Waals surface area contributed by atoms with Gasteiger partial charge in [-0.05, 0) is 38.5 Å². The average Bonchev–Trinajstić information content (AvgIpc) is 2.54. The maximum Gasteiger partial charge on any atom is 0.111 e. The number of hydrogen-bond donors (Lipinski definition) is 6. The molecule has 142 valence electrons. The number of piperidine rings is 2. The SMILES string of the molecule is CCC(Br)CCC(N)C1CCN(O)C(C2CCC(O)NC2O)C1O. The van der Waals surface area contributed by atoms with E-state index in [-0.39, 0.29) is 17.9 Å². The van der Waals surface area contributed by atoms with Crippen molar-refractivity contribution in [2.45, 2.75) is 80.9 Å². The maximum absolute atomic E-state index is 10.8. The highest BCUT2D eigenvalue weighted by Gasteiger charge is 2.46. The molecule has 2 fully saturated rings. The highest BCUT2D eigenvalue weighted by molar-refractivity contribution is 9.09. The molecule has 7 nitrogen and oxygen atoms in total. The summed E-state index contributed by atoms with van der Waals surface area (Å²) in [6.07, 6.45) is 1.96. The molecular weight excluding hydrogens is 378 g/mol. The number of halogens is 1. The second-order valence-electron chi connectivity index (χ2n) is 7.21. The summed E-state index contributed by atoms with van der Waals surface area (Å²) in [4.78, 5) is 0.431. The number of rotatable bonds is 6. The fourth-order valence-corrected chi connectivity index (χ4v) is 4.30. The Kier molecular flexibility index (Phi) is 7.89. The Morgan fingerprint density at radius 1 is 1.21 bits per heavy atom. The van der Waals surface area contributed by atoms with E-state index in [2.05, 4.69) is 28.2 Å². The molecule has 2 saturated heterocycles. The Bertz CT molecular complexity index is 392. The van der Waals surface area contributed by atoms with Crippen LogP contribution in [0.2, 0.25) is 0 Å². The van der Waals surface area contributed by atoms with Gasteiger partial charge in [-0.1, -0.05) is 22.9 Å². The van der Waals surface area contributed by atoms with Crippen molar-refractivity contribution in [3.63, 3.8) is 0 Å². The van der Waals surface area contributed by atoms with Crippen LogP contribution in [-0.2, 0) is 0 Å². The van der Waals surface area contributed by atoms with Gasteiger partial charge in [0.1, 0.15) is 12.5 Å². The van der Waals surface area contributed by atoms with Crippen LogP contribution in [0.25, 0.3) is 0 Å². The molecule has 0 spiro atoms. The van der Waals surface area contributed by atoms with Crippen molar-refractivity contribution in [3.05, 3.63) is 0 Å². The van der Waals surface area contributed by atoms with Crippen LogP contribution < -0.4 is 11.1 Å². The first-order valence-corrected chi connectivity index (χ1v) is 9.92. The molecular formula is C16H32BrN3O4. The molecule has 2 aliphatic rings. The highest BCUT2D eigenvalue weighted by atomic mass is 79.9. The number of nitrogens with two attached hydrogens (primary N) is 1. The number of alkyl halides is 1. The van der Waals surface area contributed by atoms with Crippen molar-refractivity contribution in [1.29, 1.82) is 0 Å². The zero-order chi connectivity index (χ0) is 17.9. The molecule has 0 bridgehead atoms. The van der Waals surface area contributed by atoms with Gasteiger partial charge in [0.25, 0.3) is 0 Å². The second kappa shape index (κ2) is 9.23. The third-order valence-corrected chi connectivity index (χ3v) is 6.72. The van der Waals surface area contributed by atoms with E-state index in [0.29, 0.717) is 30.6 Å². The molecule has 8 atom stereocenters. The molecule has 24 heavy (non-hydrogen) atoms. The van der Waals surface area contributed by atoms with Crippen molar-refractivity contribution in [1.82, 2.24) is 10.4 Å². The van der Waals surface area contributed by atoms with Crippen molar-refractivity contribution in [2.75, 3.05) is 6.54 Å². The maximum atomic E-state index is 10.8. The molecule has 0 saturated carbocycles. The molecule has 0 aromatic carbocycles. The lowest BCUT2D eigenvalue weighted by Crippen LogP contribution is -2.63. The second-order valence-corrected chi connectivity index (χ2v) is 8.51. The van der Waals surface area contributed by atoms with Crippen LogP contribution in [0.3, 0.4) is 0 Å². The van der Waals surface area contributed by atoms with E-state index in [0.717, 1.165) is 24.3 Å². The summed E-state index contributed by atoms with van der Waals surface area (Å²) in [5, 5.41) is 44.7. The lowest BCUT2D eigenvalue weighted by molar-refractivity contribution is -0.224. The Morgan fingerprint density at radius 3 is 2.54 bits per heavy atom. The van der Waals surface area contributed by atoms with Crippen LogP contribution in [-0.4, -0.2) is 67.6 Å². The minimum absolute atomic E-state index is 0.103. The zero-order valence-corrected chi connectivity index (χ0v) is 15.8. The van der Waals surface area contributed by atoms with E-state index in [1.165, 1.54) is 0 Å². The number of nitrogens with zero attached hydrogens (tertiary/aromatic N) is 1. The molecule has 7 N–H and O–H groups in total. The first kappa shape index (κ1) is 20.5. The van der Waals surface area contributed by atoms with Crippen LogP contribution in [0.15, 0.2) is 0 Å². The number of hydrogen-bond acceptors (Lipinski definition) is 7. The molecule has 0 aliphatic carbocycles. The first-order chi connectivity index (χ1) is 11.3. The van der Waals surface area contributed by atoms with Gasteiger partial charge < -0.3 is 26.3 Å². The van der Waals surface area contributed by atoms with E-state index in [9.17, 15) is 20.5 Å². The third-order valence-electron chi connectivity index (χ3n) is 5.61. The Morgan fingerprint density at radius 2 is 1.92 bits per heavy atom. The van der Waals surface area contributed by atoms with E-state index in [1.54, 1.807) is 0 Å². The standard InChI is InChI=1S/C16H32BrN3O4/c1-2-9(17)3-5-12(18)10-7-8-20(24)14(15(10)22)11-4-6-13(21)19-16(11)23/h9-16,19,21-24H,2-8,18H2,1H3. The average molecular weight is 410 g/mol. The predicted octanol–water partition coefficient (Wildman–Crippen LogP) is 0.344. The number of nitrogens with one attached hydrogen (secondary N) is 1. The molecule has 0 aromatic rings. The normalized spacial score (nSPS) is 41.1. The van der Waals surface area contributed by atoms with Gasteiger partial charge in [0.2, 0.25) is 0 Å². The monoisotopic (exact) mass is 409 g/mol. The van der Waals surface area contributed by atoms with Crippen molar-refractivity contribution in [2.24, 2.45) is 17.6 Å². The topological polar surface area (TPSA) is 122 Å². The molecule has 0 amide bonds. The molecule has 2 aliphatic heterocycles. The summed E-state index contributed by atoms with van der Waals surface area (Å²) in [5.41, 5.74) is 6.34. The molecule has 0 radical (unpaired) electrons. The first-order valence-electron chi connectivity index (χ1n) is 9.00. The van der Waals surface area contributed by atoms with Gasteiger partial charge in [-0.3, -0.25) is 5.32 Å². The number of aliphatic hydroxyl groups is 3. The minimum atomic E-state index is -0.954. The fraction of sp³-hybridized carbons (Fsp3) is 1.00. The van der Waals surface area contributed by atoms with Gasteiger partial charge >= 0.3 is 0 Å². The number of aliphatic hydroxyl groups excluding tert-OH is 3. The summed E-state index contributed by atoms with van der Waals surface area (Å²) in [7, 11) is 0. The van der Waals surface area contributed by atoms with Crippen LogP contribution in [0, 0.1) is 11.8 Å². The molecule has 2 heterocycles. The van der Waals surface area contributed by atoms with Crippen LogP contribution in [0.1, 0.15) is 45.4 Å². The highest BCUT2D eigenvalue weighted by Crippen LogP contribution is 2.34. The summed E-state index contributed by atoms with van der Waals surface area (Å²) < 4.78 is 0. The predicted molar refractivity (Wildman–Crippen MR) is 94.5 cm³/mol. The van der Waals surface area contributed by atoms with Gasteiger partial charge in [-0.15, -0.1) is 0 Å². The van der Waals surface area contributed by atoms with Gasteiger partial charge in [0.15, 0.2) is 0 Å². The van der Waals surface area contributed by atoms with E-state index < -0.39 is 24.6 Å². The minimum Gasteiger partial charge on any atom is -0.391 e. The van der Waals surface area contributed by atoms with Crippen LogP contribution in [0.4, 0.5) is 0 Å². The van der Waals surface area contributed by atoms with Crippen molar-refractivity contribution in [3.8, 4) is 0 Å². The van der Waals surface area contributed by atoms with Crippen molar-refractivity contribution < 1.29 is 20.5 Å². The molecule has 2 rings (SSSR count). The Balaban J connectivity index is 2.00. The smallest absolute Gasteiger partial charge is 0.111 e. The van der Waals surface area contributed by atoms with Gasteiger partial charge in [-0.25, -0.2) is 0 Å². The molecule has 0 aromatic heterocycles.